The van der Waals surface area contributed by atoms with Gasteiger partial charge in [-0.25, -0.2) is 14.4 Å². The molecule has 174 valence electrons. The summed E-state index contributed by atoms with van der Waals surface area (Å²) >= 11 is 6.39. The van der Waals surface area contributed by atoms with E-state index in [0.717, 1.165) is 5.56 Å². The molecule has 0 radical (unpaired) electrons. The van der Waals surface area contributed by atoms with Gasteiger partial charge in [-0.2, -0.15) is 0 Å². The minimum absolute atomic E-state index is 0.0387. The highest BCUT2D eigenvalue weighted by atomic mass is 35.5. The van der Waals surface area contributed by atoms with E-state index in [4.69, 9.17) is 21.1 Å². The van der Waals surface area contributed by atoms with Crippen LogP contribution < -0.4 is 10.9 Å². The van der Waals surface area contributed by atoms with E-state index in [-0.39, 0.29) is 34.4 Å². The number of nitrogens with zero attached hydrogens (tertiary/aromatic N) is 3. The molecule has 4 heterocycles. The van der Waals surface area contributed by atoms with E-state index in [1.807, 2.05) is 13.8 Å². The summed E-state index contributed by atoms with van der Waals surface area (Å²) in [6.07, 6.45) is 2.03. The second-order valence-corrected chi connectivity index (χ2v) is 9.27. The van der Waals surface area contributed by atoms with Crippen molar-refractivity contribution in [1.82, 2.24) is 14.5 Å². The van der Waals surface area contributed by atoms with Crippen molar-refractivity contribution in [2.75, 3.05) is 11.9 Å². The predicted molar refractivity (Wildman–Crippen MR) is 122 cm³/mol. The molecular formula is C23H24ClFN4O4. The van der Waals surface area contributed by atoms with Gasteiger partial charge in [0.05, 0.1) is 41.1 Å². The molecule has 2 fully saturated rings. The number of benzene rings is 1. The van der Waals surface area contributed by atoms with E-state index in [1.54, 1.807) is 19.3 Å². The van der Waals surface area contributed by atoms with Gasteiger partial charge in [-0.15, -0.1) is 0 Å². The molecule has 10 heteroatoms. The van der Waals surface area contributed by atoms with Gasteiger partial charge in [0.1, 0.15) is 11.9 Å². The van der Waals surface area contributed by atoms with Crippen LogP contribution in [-0.4, -0.2) is 50.8 Å². The van der Waals surface area contributed by atoms with Gasteiger partial charge in [-0.1, -0.05) is 25.4 Å². The topological polar surface area (TPSA) is 98.5 Å². The molecule has 1 aromatic carbocycles. The third-order valence-corrected chi connectivity index (χ3v) is 6.48. The van der Waals surface area contributed by atoms with Crippen LogP contribution in [0.3, 0.4) is 0 Å². The lowest BCUT2D eigenvalue weighted by Crippen LogP contribution is -2.48. The van der Waals surface area contributed by atoms with Crippen LogP contribution in [0.1, 0.15) is 31.7 Å². The number of aliphatic hydroxyl groups excluding tert-OH is 1. The number of pyridine rings is 1. The molecular weight excluding hydrogens is 451 g/mol. The Balaban J connectivity index is 1.57. The fourth-order valence-electron chi connectivity index (χ4n) is 4.50. The van der Waals surface area contributed by atoms with E-state index in [2.05, 4.69) is 15.3 Å². The Kier molecular flexibility index (Phi) is 5.60. The first-order chi connectivity index (χ1) is 15.7. The number of aryl methyl sites for hydroxylation is 1. The summed E-state index contributed by atoms with van der Waals surface area (Å²) in [5.41, 5.74) is 1.20. The van der Waals surface area contributed by atoms with Gasteiger partial charge in [0.25, 0.3) is 5.56 Å². The summed E-state index contributed by atoms with van der Waals surface area (Å²) in [4.78, 5) is 21.4. The summed E-state index contributed by atoms with van der Waals surface area (Å²) in [6, 6.07) is 2.64. The number of ether oxygens (including phenoxy) is 2. The fraction of sp³-hybridized carbons (Fsp3) is 0.435. The summed E-state index contributed by atoms with van der Waals surface area (Å²) in [5.74, 6) is -0.323. The maximum absolute atomic E-state index is 15.2. The van der Waals surface area contributed by atoms with Crippen molar-refractivity contribution in [3.05, 3.63) is 51.3 Å². The van der Waals surface area contributed by atoms with E-state index >= 15 is 4.39 Å². The van der Waals surface area contributed by atoms with E-state index in [1.165, 1.54) is 16.8 Å². The number of aliphatic hydroxyl groups is 1. The van der Waals surface area contributed by atoms with Crippen molar-refractivity contribution in [1.29, 1.82) is 0 Å². The third-order valence-electron chi connectivity index (χ3n) is 6.20. The summed E-state index contributed by atoms with van der Waals surface area (Å²) in [5, 5.41) is 14.4. The molecule has 3 aromatic rings. The molecule has 0 saturated carbocycles. The van der Waals surface area contributed by atoms with Crippen molar-refractivity contribution in [3.8, 4) is 11.3 Å². The average Bonchev–Trinajstić information content (AvgIpc) is 3.18. The molecule has 0 unspecified atom stereocenters. The molecule has 2 N–H and O–H groups in total. The zero-order chi connectivity index (χ0) is 23.4. The van der Waals surface area contributed by atoms with Gasteiger partial charge in [-0.05, 0) is 35.4 Å². The van der Waals surface area contributed by atoms with Crippen molar-refractivity contribution >= 4 is 28.3 Å². The highest BCUT2D eigenvalue weighted by Crippen LogP contribution is 2.34. The zero-order valence-electron chi connectivity index (χ0n) is 18.4. The number of anilines is 1. The molecule has 33 heavy (non-hydrogen) atoms. The van der Waals surface area contributed by atoms with Crippen molar-refractivity contribution in [3.63, 3.8) is 0 Å². The van der Waals surface area contributed by atoms with Crippen LogP contribution in [0.25, 0.3) is 22.0 Å². The highest BCUT2D eigenvalue weighted by molar-refractivity contribution is 6.33. The quantitative estimate of drug-likeness (QED) is 0.599. The van der Waals surface area contributed by atoms with Crippen LogP contribution in [-0.2, 0) is 16.5 Å². The summed E-state index contributed by atoms with van der Waals surface area (Å²) in [6.45, 7) is 4.40. The van der Waals surface area contributed by atoms with Crippen LogP contribution >= 0.6 is 11.6 Å². The summed E-state index contributed by atoms with van der Waals surface area (Å²) < 4.78 is 27.6. The number of nitrogens with one attached hydrogen (secondary N) is 1. The molecule has 2 aliphatic heterocycles. The first-order valence-corrected chi connectivity index (χ1v) is 11.2. The molecule has 0 aliphatic carbocycles. The molecule has 2 saturated heterocycles. The Morgan fingerprint density at radius 3 is 2.91 bits per heavy atom. The second-order valence-electron chi connectivity index (χ2n) is 8.86. The first-order valence-electron chi connectivity index (χ1n) is 10.8. The van der Waals surface area contributed by atoms with Crippen LogP contribution in [0, 0.1) is 5.82 Å². The molecule has 5 rings (SSSR count). The normalized spacial score (nSPS) is 24.6. The Morgan fingerprint density at radius 2 is 2.15 bits per heavy atom. The molecule has 2 bridgehead atoms. The van der Waals surface area contributed by atoms with Gasteiger partial charge in [-0.3, -0.25) is 4.79 Å². The third kappa shape index (κ3) is 3.89. The Bertz CT molecular complexity index is 1300. The van der Waals surface area contributed by atoms with Gasteiger partial charge >= 0.3 is 0 Å². The Hall–Kier alpha value is -2.59. The molecule has 0 amide bonds. The number of fused-ring (bicyclic) bond motifs is 3. The molecule has 4 atom stereocenters. The van der Waals surface area contributed by atoms with Crippen LogP contribution in [0.2, 0.25) is 5.02 Å². The minimum atomic E-state index is -0.880. The SMILES string of the molecule is CC(C)c1cn(C)c(=O)c2c(F)cc(-c3nc(N[C@@H]4C[C@H]5CO[C@H](O5)[C@H]4O)ncc3Cl)cc12. The lowest BCUT2D eigenvalue weighted by molar-refractivity contribution is -0.156. The molecule has 2 aromatic heterocycles. The van der Waals surface area contributed by atoms with Gasteiger partial charge in [0.2, 0.25) is 5.95 Å². The van der Waals surface area contributed by atoms with Crippen LogP contribution in [0.4, 0.5) is 10.3 Å². The average molecular weight is 475 g/mol. The largest absolute Gasteiger partial charge is 0.386 e. The van der Waals surface area contributed by atoms with E-state index in [9.17, 15) is 9.90 Å². The number of halogens is 2. The maximum Gasteiger partial charge on any atom is 0.261 e. The second kappa shape index (κ2) is 8.32. The van der Waals surface area contributed by atoms with E-state index < -0.39 is 23.8 Å². The van der Waals surface area contributed by atoms with Gasteiger partial charge in [0.15, 0.2) is 6.29 Å². The first kappa shape index (κ1) is 22.2. The fourth-order valence-corrected chi connectivity index (χ4v) is 4.70. The summed E-state index contributed by atoms with van der Waals surface area (Å²) in [7, 11) is 1.61. The number of aromatic nitrogens is 3. The smallest absolute Gasteiger partial charge is 0.261 e. The molecule has 8 nitrogen and oxygen atoms in total. The Morgan fingerprint density at radius 1 is 1.36 bits per heavy atom. The lowest BCUT2D eigenvalue weighted by Gasteiger charge is -2.32. The monoisotopic (exact) mass is 474 g/mol. The number of hydrogen-bond donors (Lipinski definition) is 2. The van der Waals surface area contributed by atoms with Crippen molar-refractivity contribution < 1.29 is 19.0 Å². The molecule has 2 aliphatic rings. The van der Waals surface area contributed by atoms with Gasteiger partial charge < -0.3 is 24.5 Å². The highest BCUT2D eigenvalue weighted by Gasteiger charge is 2.43. The van der Waals surface area contributed by atoms with Crippen molar-refractivity contribution in [2.24, 2.45) is 7.05 Å². The zero-order valence-corrected chi connectivity index (χ0v) is 19.1. The maximum atomic E-state index is 15.2. The van der Waals surface area contributed by atoms with Crippen LogP contribution in [0.5, 0.6) is 0 Å². The van der Waals surface area contributed by atoms with Crippen molar-refractivity contribution in [2.45, 2.75) is 50.7 Å². The number of hydrogen-bond acceptors (Lipinski definition) is 7. The van der Waals surface area contributed by atoms with Crippen LogP contribution in [0.15, 0.2) is 29.3 Å². The predicted octanol–water partition coefficient (Wildman–Crippen LogP) is 3.20. The number of rotatable bonds is 4. The standard InChI is InChI=1S/C23H24ClFN4O4/c1-10(2)14-8-29(3)21(31)18-13(14)4-11(5-16(18)25)19-15(24)7-26-23(28-19)27-17-6-12-9-32-22(33-12)20(17)30/h4-5,7-8,10,12,17,20,22,30H,6,9H2,1-3H3,(H,26,27,28)/t12-,17+,20-,22+/m0/s1. The molecule has 0 spiro atoms. The van der Waals surface area contributed by atoms with E-state index in [0.29, 0.717) is 29.7 Å². The van der Waals surface area contributed by atoms with Gasteiger partial charge in [0, 0.05) is 18.8 Å². The Labute approximate surface area is 194 Å². The minimum Gasteiger partial charge on any atom is -0.386 e. The lowest BCUT2D eigenvalue weighted by atomic mass is 9.96.